The fraction of sp³-hybridized carbons (Fsp3) is 0.500. The first-order valence-electron chi connectivity index (χ1n) is 5.91. The molecule has 1 N–H and O–H groups in total. The molecule has 0 aliphatic heterocycles. The van der Waals surface area contributed by atoms with Crippen molar-refractivity contribution in [2.24, 2.45) is 5.41 Å². The first-order valence-corrected chi connectivity index (χ1v) is 6.89. The molecule has 0 unspecified atom stereocenters. The second-order valence-corrected chi connectivity index (χ2v) is 6.10. The Balaban J connectivity index is 2.55. The van der Waals surface area contributed by atoms with Crippen LogP contribution in [-0.4, -0.2) is 16.8 Å². The van der Waals surface area contributed by atoms with Gasteiger partial charge in [0.2, 0.25) is 0 Å². The summed E-state index contributed by atoms with van der Waals surface area (Å²) in [5.74, 6) is 0.349. The van der Waals surface area contributed by atoms with Crippen molar-refractivity contribution in [1.29, 1.82) is 0 Å². The first-order chi connectivity index (χ1) is 7.95. The van der Waals surface area contributed by atoms with Crippen LogP contribution >= 0.6 is 11.8 Å². The van der Waals surface area contributed by atoms with E-state index in [0.717, 1.165) is 12.2 Å². The van der Waals surface area contributed by atoms with Crippen LogP contribution in [-0.2, 0) is 11.2 Å². The van der Waals surface area contributed by atoms with E-state index in [0.29, 0.717) is 6.42 Å². The Labute approximate surface area is 107 Å². The minimum Gasteiger partial charge on any atom is -0.481 e. The Kier molecular flexibility index (Phi) is 5.06. The average Bonchev–Trinajstić information content (AvgIpc) is 2.28. The van der Waals surface area contributed by atoms with Crippen LogP contribution in [0.5, 0.6) is 0 Å². The van der Waals surface area contributed by atoms with Crippen LogP contribution in [0.2, 0.25) is 0 Å². The zero-order chi connectivity index (χ0) is 12.9. The highest BCUT2D eigenvalue weighted by atomic mass is 32.2. The third-order valence-corrected chi connectivity index (χ3v) is 3.75. The van der Waals surface area contributed by atoms with E-state index in [1.165, 1.54) is 10.5 Å². The van der Waals surface area contributed by atoms with Gasteiger partial charge in [0.15, 0.2) is 0 Å². The summed E-state index contributed by atoms with van der Waals surface area (Å²) < 4.78 is 0. The molecule has 1 aromatic rings. The molecule has 0 atom stereocenters. The second kappa shape index (κ2) is 6.10. The Morgan fingerprint density at radius 3 is 2.35 bits per heavy atom. The highest BCUT2D eigenvalue weighted by molar-refractivity contribution is 7.99. The van der Waals surface area contributed by atoms with Gasteiger partial charge < -0.3 is 5.11 Å². The number of carbonyl (C=O) groups is 1. The highest BCUT2D eigenvalue weighted by Gasteiger charge is 2.26. The molecule has 1 aromatic carbocycles. The summed E-state index contributed by atoms with van der Waals surface area (Å²) in [6.07, 6.45) is 1.49. The van der Waals surface area contributed by atoms with Gasteiger partial charge in [-0.3, -0.25) is 4.79 Å². The zero-order valence-electron chi connectivity index (χ0n) is 10.7. The summed E-state index contributed by atoms with van der Waals surface area (Å²) >= 11 is 1.82. The largest absolute Gasteiger partial charge is 0.481 e. The number of aliphatic carboxylic acids is 1. The molecule has 0 spiro atoms. The molecule has 0 saturated carbocycles. The normalized spacial score (nSPS) is 11.5. The van der Waals surface area contributed by atoms with E-state index >= 15 is 0 Å². The average molecular weight is 252 g/mol. The molecule has 17 heavy (non-hydrogen) atoms. The summed E-state index contributed by atoms with van der Waals surface area (Å²) in [5.41, 5.74) is 0.566. The lowest BCUT2D eigenvalue weighted by atomic mass is 9.86. The molecule has 0 fully saturated rings. The van der Waals surface area contributed by atoms with Gasteiger partial charge in [-0.15, -0.1) is 11.8 Å². The fourth-order valence-electron chi connectivity index (χ4n) is 1.48. The number of benzene rings is 1. The number of hydrogen-bond donors (Lipinski definition) is 1. The van der Waals surface area contributed by atoms with E-state index in [9.17, 15) is 4.79 Å². The van der Waals surface area contributed by atoms with Gasteiger partial charge in [0.25, 0.3) is 0 Å². The molecule has 0 heterocycles. The predicted molar refractivity (Wildman–Crippen MR) is 72.6 cm³/mol. The van der Waals surface area contributed by atoms with Crippen molar-refractivity contribution < 1.29 is 9.90 Å². The number of hydrogen-bond acceptors (Lipinski definition) is 2. The van der Waals surface area contributed by atoms with Crippen LogP contribution in [0.3, 0.4) is 0 Å². The van der Waals surface area contributed by atoms with Gasteiger partial charge in [-0.05, 0) is 50.1 Å². The maximum absolute atomic E-state index is 11.0. The van der Waals surface area contributed by atoms with Crippen molar-refractivity contribution >= 4 is 17.7 Å². The lowest BCUT2D eigenvalue weighted by Crippen LogP contribution is -2.24. The minimum atomic E-state index is -0.726. The van der Waals surface area contributed by atoms with E-state index in [2.05, 4.69) is 31.2 Å². The smallest absolute Gasteiger partial charge is 0.309 e. The van der Waals surface area contributed by atoms with Crippen LogP contribution in [0.4, 0.5) is 0 Å². The van der Waals surface area contributed by atoms with Crippen molar-refractivity contribution in [3.8, 4) is 0 Å². The number of aryl methyl sites for hydroxylation is 1. The summed E-state index contributed by atoms with van der Waals surface area (Å²) in [6.45, 7) is 5.68. The first kappa shape index (κ1) is 14.1. The van der Waals surface area contributed by atoms with Gasteiger partial charge in [0.1, 0.15) is 0 Å². The van der Waals surface area contributed by atoms with Gasteiger partial charge in [-0.25, -0.2) is 0 Å². The van der Waals surface area contributed by atoms with E-state index < -0.39 is 11.4 Å². The SMILES string of the molecule is CCSc1ccc(CCC(C)(C)C(=O)O)cc1. The zero-order valence-corrected chi connectivity index (χ0v) is 11.5. The second-order valence-electron chi connectivity index (χ2n) is 4.77. The molecule has 0 aromatic heterocycles. The van der Waals surface area contributed by atoms with E-state index in [1.54, 1.807) is 13.8 Å². The fourth-order valence-corrected chi connectivity index (χ4v) is 2.14. The van der Waals surface area contributed by atoms with E-state index in [4.69, 9.17) is 5.11 Å². The summed E-state index contributed by atoms with van der Waals surface area (Å²) in [5, 5.41) is 9.03. The Hall–Kier alpha value is -0.960. The molecule has 1 rings (SSSR count). The quantitative estimate of drug-likeness (QED) is 0.782. The summed E-state index contributed by atoms with van der Waals surface area (Å²) in [7, 11) is 0. The lowest BCUT2D eigenvalue weighted by Gasteiger charge is -2.18. The van der Waals surface area contributed by atoms with Crippen LogP contribution in [0.15, 0.2) is 29.2 Å². The van der Waals surface area contributed by atoms with Crippen molar-refractivity contribution in [1.82, 2.24) is 0 Å². The van der Waals surface area contributed by atoms with Crippen molar-refractivity contribution in [3.63, 3.8) is 0 Å². The van der Waals surface area contributed by atoms with Crippen molar-refractivity contribution in [3.05, 3.63) is 29.8 Å². The molecule has 0 aliphatic rings. The van der Waals surface area contributed by atoms with Gasteiger partial charge in [-0.1, -0.05) is 19.1 Å². The van der Waals surface area contributed by atoms with Crippen LogP contribution in [0.1, 0.15) is 32.8 Å². The Morgan fingerprint density at radius 2 is 1.88 bits per heavy atom. The monoisotopic (exact) mass is 252 g/mol. The van der Waals surface area contributed by atoms with Crippen LogP contribution < -0.4 is 0 Å². The third-order valence-electron chi connectivity index (χ3n) is 2.85. The maximum atomic E-state index is 11.0. The molecule has 0 radical (unpaired) electrons. The molecule has 94 valence electrons. The topological polar surface area (TPSA) is 37.3 Å². The molecular formula is C14H20O2S. The number of carboxylic acids is 1. The van der Waals surface area contributed by atoms with Gasteiger partial charge in [0, 0.05) is 4.90 Å². The summed E-state index contributed by atoms with van der Waals surface area (Å²) in [4.78, 5) is 12.3. The molecule has 0 saturated heterocycles. The van der Waals surface area contributed by atoms with E-state index in [1.807, 2.05) is 11.8 Å². The molecule has 3 heteroatoms. The standard InChI is InChI=1S/C14H20O2S/c1-4-17-12-7-5-11(6-8-12)9-10-14(2,3)13(15)16/h5-8H,4,9-10H2,1-3H3,(H,15,16). The molecular weight excluding hydrogens is 232 g/mol. The number of carboxylic acid groups (broad SMARTS) is 1. The lowest BCUT2D eigenvalue weighted by molar-refractivity contribution is -0.147. The minimum absolute atomic E-state index is 0.642. The van der Waals surface area contributed by atoms with Crippen LogP contribution in [0.25, 0.3) is 0 Å². The van der Waals surface area contributed by atoms with Crippen molar-refractivity contribution in [2.75, 3.05) is 5.75 Å². The highest BCUT2D eigenvalue weighted by Crippen LogP contribution is 2.24. The van der Waals surface area contributed by atoms with Gasteiger partial charge >= 0.3 is 5.97 Å². The summed E-state index contributed by atoms with van der Waals surface area (Å²) in [6, 6.07) is 8.40. The number of rotatable bonds is 6. The molecule has 0 amide bonds. The predicted octanol–water partition coefficient (Wildman–Crippen LogP) is 3.84. The Bertz CT molecular complexity index is 368. The number of thioether (sulfide) groups is 1. The molecule has 0 aliphatic carbocycles. The van der Waals surface area contributed by atoms with Gasteiger partial charge in [0.05, 0.1) is 5.41 Å². The maximum Gasteiger partial charge on any atom is 0.309 e. The Morgan fingerprint density at radius 1 is 1.29 bits per heavy atom. The third kappa shape index (κ3) is 4.43. The van der Waals surface area contributed by atoms with Crippen LogP contribution in [0, 0.1) is 5.41 Å². The van der Waals surface area contributed by atoms with Crippen molar-refractivity contribution in [2.45, 2.75) is 38.5 Å². The molecule has 2 nitrogen and oxygen atoms in total. The van der Waals surface area contributed by atoms with E-state index in [-0.39, 0.29) is 0 Å². The van der Waals surface area contributed by atoms with Gasteiger partial charge in [-0.2, -0.15) is 0 Å². The molecule has 0 bridgehead atoms.